The average Bonchev–Trinajstić information content (AvgIpc) is 3.98. The first-order valence-corrected chi connectivity index (χ1v) is 19.9. The van der Waals surface area contributed by atoms with Crippen molar-refractivity contribution in [1.82, 2.24) is 9.97 Å². The van der Waals surface area contributed by atoms with Gasteiger partial charge < -0.3 is 0 Å². The maximum atomic E-state index is 5.37. The number of benzene rings is 7. The van der Waals surface area contributed by atoms with Crippen molar-refractivity contribution in [3.05, 3.63) is 192 Å². The summed E-state index contributed by atoms with van der Waals surface area (Å²) in [4.78, 5) is 10.7. The SMILES string of the molecule is C1=CCC2=C(C=C1)c1cccc3c(C4=CC=C(c5nc6ccccc6nc5-c5ccc(-c6ccc7c8c(cccc68)-c6ccccc6-7)cc5)C5CC45)ccc2c13. The van der Waals surface area contributed by atoms with E-state index in [-0.39, 0.29) is 0 Å². The standard InChI is InChI=1S/C54H34N2/c1-2-10-34-36(11-3-1)45-28-25-38(43-17-9-16-42(34)52(43)45)39-26-29-46(48-30-47(39)48)54-53(55-49-18-6-7-19-50(49)56-54)32-22-20-31(21-23-32)33-24-27-44-37-13-5-4-12-35(37)41-15-8-14-40(33)51(41)44/h1-10,12-29,47-48H,11,30H2. The Hall–Kier alpha value is -6.90. The van der Waals surface area contributed by atoms with E-state index >= 15 is 0 Å². The molecule has 0 aliphatic heterocycles. The van der Waals surface area contributed by atoms with Crippen LogP contribution in [0.25, 0.3) is 99.5 Å². The Labute approximate surface area is 325 Å². The largest absolute Gasteiger partial charge is 0.244 e. The Morgan fingerprint density at radius 2 is 1.02 bits per heavy atom. The summed E-state index contributed by atoms with van der Waals surface area (Å²) in [7, 11) is 0. The molecule has 56 heavy (non-hydrogen) atoms. The van der Waals surface area contributed by atoms with Crippen molar-refractivity contribution in [3.63, 3.8) is 0 Å². The van der Waals surface area contributed by atoms with Crippen LogP contribution in [-0.4, -0.2) is 9.97 Å². The van der Waals surface area contributed by atoms with E-state index in [4.69, 9.17) is 9.97 Å². The quantitative estimate of drug-likeness (QED) is 0.182. The van der Waals surface area contributed by atoms with E-state index < -0.39 is 0 Å². The summed E-state index contributed by atoms with van der Waals surface area (Å²) >= 11 is 0. The Bertz CT molecular complexity index is 3210. The van der Waals surface area contributed by atoms with Crippen LogP contribution in [0.3, 0.4) is 0 Å². The van der Waals surface area contributed by atoms with Crippen LogP contribution in [0.5, 0.6) is 0 Å². The molecule has 0 spiro atoms. The molecule has 13 rings (SSSR count). The van der Waals surface area contributed by atoms with Gasteiger partial charge in [-0.05, 0) is 131 Å². The summed E-state index contributed by atoms with van der Waals surface area (Å²) in [6, 6.07) is 49.1. The van der Waals surface area contributed by atoms with E-state index in [0.29, 0.717) is 11.8 Å². The van der Waals surface area contributed by atoms with E-state index in [1.54, 1.807) is 0 Å². The first kappa shape index (κ1) is 30.4. The van der Waals surface area contributed by atoms with E-state index in [0.717, 1.165) is 40.8 Å². The first-order valence-electron chi connectivity index (χ1n) is 19.9. The van der Waals surface area contributed by atoms with Gasteiger partial charge in [-0.15, -0.1) is 0 Å². The van der Waals surface area contributed by atoms with Gasteiger partial charge in [-0.25, -0.2) is 9.97 Å². The van der Waals surface area contributed by atoms with Crippen LogP contribution in [0.2, 0.25) is 0 Å². The fourth-order valence-corrected chi connectivity index (χ4v) is 10.4. The van der Waals surface area contributed by atoms with Crippen molar-refractivity contribution in [2.75, 3.05) is 0 Å². The maximum Gasteiger partial charge on any atom is 0.0969 e. The minimum absolute atomic E-state index is 0.423. The maximum absolute atomic E-state index is 5.37. The second-order valence-electron chi connectivity index (χ2n) is 15.9. The van der Waals surface area contributed by atoms with Gasteiger partial charge >= 0.3 is 0 Å². The van der Waals surface area contributed by atoms with E-state index in [1.807, 2.05) is 0 Å². The van der Waals surface area contributed by atoms with Gasteiger partial charge in [0.25, 0.3) is 0 Å². The zero-order valence-electron chi connectivity index (χ0n) is 30.6. The van der Waals surface area contributed by atoms with Crippen molar-refractivity contribution in [2.45, 2.75) is 12.8 Å². The molecule has 0 radical (unpaired) electrons. The molecular formula is C54H34N2. The van der Waals surface area contributed by atoms with Gasteiger partial charge in [0.15, 0.2) is 0 Å². The van der Waals surface area contributed by atoms with Gasteiger partial charge in [0.05, 0.1) is 22.4 Å². The number of para-hydroxylation sites is 2. The third-order valence-corrected chi connectivity index (χ3v) is 13.0. The lowest BCUT2D eigenvalue weighted by molar-refractivity contribution is 1.01. The van der Waals surface area contributed by atoms with Gasteiger partial charge in [-0.2, -0.15) is 0 Å². The number of nitrogens with zero attached hydrogens (tertiary/aromatic N) is 2. The molecule has 0 N–H and O–H groups in total. The minimum atomic E-state index is 0.423. The van der Waals surface area contributed by atoms with Crippen molar-refractivity contribution >= 4 is 54.9 Å². The second-order valence-corrected chi connectivity index (χ2v) is 15.9. The third-order valence-electron chi connectivity index (χ3n) is 13.0. The Morgan fingerprint density at radius 1 is 0.429 bits per heavy atom. The van der Waals surface area contributed by atoms with Gasteiger partial charge in [0, 0.05) is 5.56 Å². The molecular weight excluding hydrogens is 677 g/mol. The fourth-order valence-electron chi connectivity index (χ4n) is 10.4. The topological polar surface area (TPSA) is 25.8 Å². The molecule has 8 aromatic rings. The first-order chi connectivity index (χ1) is 27.8. The summed E-state index contributed by atoms with van der Waals surface area (Å²) in [6.07, 6.45) is 15.8. The van der Waals surface area contributed by atoms with E-state index in [9.17, 15) is 0 Å². The van der Waals surface area contributed by atoms with Gasteiger partial charge in [0.1, 0.15) is 0 Å². The molecule has 1 saturated carbocycles. The number of fused-ring (bicyclic) bond motifs is 7. The normalized spacial score (nSPS) is 18.2. The lowest BCUT2D eigenvalue weighted by atomic mass is 9.86. The molecule has 1 aromatic heterocycles. The molecule has 260 valence electrons. The van der Waals surface area contributed by atoms with Gasteiger partial charge in [-0.3, -0.25) is 0 Å². The highest BCUT2D eigenvalue weighted by Gasteiger charge is 2.46. The molecule has 0 amide bonds. The highest BCUT2D eigenvalue weighted by Crippen LogP contribution is 2.59. The summed E-state index contributed by atoms with van der Waals surface area (Å²) in [5, 5.41) is 5.43. The summed E-state index contributed by atoms with van der Waals surface area (Å²) in [5.41, 5.74) is 22.4. The van der Waals surface area contributed by atoms with E-state index in [2.05, 4.69) is 170 Å². The predicted molar refractivity (Wildman–Crippen MR) is 234 cm³/mol. The predicted octanol–water partition coefficient (Wildman–Crippen LogP) is 13.8. The third kappa shape index (κ3) is 4.22. The lowest BCUT2D eigenvalue weighted by Crippen LogP contribution is -2.04. The molecule has 0 saturated heterocycles. The summed E-state index contributed by atoms with van der Waals surface area (Å²) < 4.78 is 0. The number of hydrogen-bond donors (Lipinski definition) is 0. The van der Waals surface area contributed by atoms with Crippen LogP contribution in [0.4, 0.5) is 0 Å². The van der Waals surface area contributed by atoms with Crippen LogP contribution in [0, 0.1) is 11.8 Å². The molecule has 7 aromatic carbocycles. The van der Waals surface area contributed by atoms with Crippen LogP contribution in [-0.2, 0) is 0 Å². The van der Waals surface area contributed by atoms with Crippen LogP contribution < -0.4 is 0 Å². The number of hydrogen-bond acceptors (Lipinski definition) is 2. The summed E-state index contributed by atoms with van der Waals surface area (Å²) in [6.45, 7) is 0. The molecule has 2 atom stereocenters. The molecule has 5 aliphatic rings. The van der Waals surface area contributed by atoms with Gasteiger partial charge in [0.2, 0.25) is 0 Å². The zero-order valence-corrected chi connectivity index (χ0v) is 30.6. The monoisotopic (exact) mass is 710 g/mol. The van der Waals surface area contributed by atoms with Gasteiger partial charge in [-0.1, -0.05) is 158 Å². The summed E-state index contributed by atoms with van der Waals surface area (Å²) in [5.74, 6) is 0.896. The Kier molecular flexibility index (Phi) is 6.15. The van der Waals surface area contributed by atoms with Crippen LogP contribution in [0.1, 0.15) is 35.2 Å². The van der Waals surface area contributed by atoms with Crippen molar-refractivity contribution < 1.29 is 0 Å². The minimum Gasteiger partial charge on any atom is -0.244 e. The molecule has 1 heterocycles. The smallest absolute Gasteiger partial charge is 0.0969 e. The Balaban J connectivity index is 0.906. The zero-order chi connectivity index (χ0) is 36.5. The van der Waals surface area contributed by atoms with Crippen molar-refractivity contribution in [3.8, 4) is 44.6 Å². The van der Waals surface area contributed by atoms with Crippen LogP contribution in [0.15, 0.2) is 170 Å². The molecule has 5 aliphatic carbocycles. The highest BCUT2D eigenvalue weighted by atomic mass is 14.8. The second kappa shape index (κ2) is 11.3. The number of aromatic nitrogens is 2. The average molecular weight is 711 g/mol. The fraction of sp³-hybridized carbons (Fsp3) is 0.0741. The van der Waals surface area contributed by atoms with Crippen LogP contribution >= 0.6 is 0 Å². The molecule has 2 unspecified atom stereocenters. The highest BCUT2D eigenvalue weighted by molar-refractivity contribution is 6.20. The lowest BCUT2D eigenvalue weighted by Gasteiger charge is -2.19. The molecule has 0 bridgehead atoms. The molecule has 1 fully saturated rings. The Morgan fingerprint density at radius 3 is 1.84 bits per heavy atom. The van der Waals surface area contributed by atoms with E-state index in [1.165, 1.54) is 93.9 Å². The molecule has 2 heteroatoms. The number of rotatable bonds is 4. The number of allylic oxidation sites excluding steroid dienone is 10. The molecule has 2 nitrogen and oxygen atoms in total. The van der Waals surface area contributed by atoms with Crippen molar-refractivity contribution in [2.24, 2.45) is 11.8 Å². The van der Waals surface area contributed by atoms with Crippen molar-refractivity contribution in [1.29, 1.82) is 0 Å².